The van der Waals surface area contributed by atoms with Crippen molar-refractivity contribution in [2.45, 2.75) is 90.5 Å². The first-order valence-electron chi connectivity index (χ1n) is 11.2. The zero-order valence-corrected chi connectivity index (χ0v) is 19.4. The summed E-state index contributed by atoms with van der Waals surface area (Å²) in [6.07, 6.45) is 9.92. The van der Waals surface area contributed by atoms with E-state index < -0.39 is 10.0 Å². The first-order chi connectivity index (χ1) is 14.4. The average Bonchev–Trinajstić information content (AvgIpc) is 2.70. The number of hydrogen-bond donors (Lipinski definition) is 2. The van der Waals surface area contributed by atoms with Crippen molar-refractivity contribution < 1.29 is 13.2 Å². The molecule has 1 aliphatic carbocycles. The van der Waals surface area contributed by atoms with Gasteiger partial charge in [0.15, 0.2) is 0 Å². The van der Waals surface area contributed by atoms with Gasteiger partial charge in [-0.25, -0.2) is 13.2 Å². The number of nitrogens with zero attached hydrogens (tertiary/aromatic N) is 1. The number of amides is 2. The summed E-state index contributed by atoms with van der Waals surface area (Å²) in [5, 5.41) is 6.54. The molecular weight excluding hydrogens is 446 g/mol. The minimum Gasteiger partial charge on any atom is -0.338 e. The lowest BCUT2D eigenvalue weighted by Gasteiger charge is -2.32. The molecule has 2 aliphatic rings. The molecule has 1 saturated heterocycles. The maximum absolute atomic E-state index is 13.1. The third kappa shape index (κ3) is 7.63. The summed E-state index contributed by atoms with van der Waals surface area (Å²) in [7, 11) is -3.60. The van der Waals surface area contributed by atoms with Crippen LogP contribution in [0.5, 0.6) is 0 Å². The van der Waals surface area contributed by atoms with E-state index >= 15 is 0 Å². The Kier molecular flexibility index (Phi) is 12.0. The average molecular weight is 488 g/mol. The number of rotatable bonds is 5. The van der Waals surface area contributed by atoms with Crippen LogP contribution in [0.3, 0.4) is 0 Å². The highest BCUT2D eigenvalue weighted by atomic mass is 35.5. The van der Waals surface area contributed by atoms with E-state index in [1.807, 2.05) is 0 Å². The Bertz CT molecular complexity index is 824. The second-order valence-corrected chi connectivity index (χ2v) is 10.9. The van der Waals surface area contributed by atoms with Crippen molar-refractivity contribution in [1.29, 1.82) is 0 Å². The fourth-order valence-electron chi connectivity index (χ4n) is 4.49. The van der Waals surface area contributed by atoms with E-state index in [0.717, 1.165) is 25.7 Å². The van der Waals surface area contributed by atoms with Crippen LogP contribution in [-0.2, 0) is 10.0 Å². The Morgan fingerprint density at radius 3 is 2.41 bits per heavy atom. The highest BCUT2D eigenvalue weighted by Gasteiger charge is 2.31. The van der Waals surface area contributed by atoms with E-state index in [1.54, 1.807) is 25.1 Å². The first kappa shape index (κ1) is 28.7. The van der Waals surface area contributed by atoms with Crippen molar-refractivity contribution in [3.05, 3.63) is 28.8 Å². The van der Waals surface area contributed by atoms with Gasteiger partial charge in [0.1, 0.15) is 0 Å². The SMILES string of the molecule is C.C.Cc1c(Cl)cccc1S(=O)(=O)N1CCCC(CNC(=O)NC2CCCCCCC2)C1. The molecule has 1 unspecified atom stereocenters. The highest BCUT2D eigenvalue weighted by Crippen LogP contribution is 2.28. The summed E-state index contributed by atoms with van der Waals surface area (Å²) in [4.78, 5) is 12.6. The van der Waals surface area contributed by atoms with Gasteiger partial charge >= 0.3 is 6.03 Å². The van der Waals surface area contributed by atoms with Gasteiger partial charge in [0.05, 0.1) is 4.90 Å². The molecule has 1 heterocycles. The molecule has 0 spiro atoms. The third-order valence-corrected chi connectivity index (χ3v) is 8.73. The molecule has 6 nitrogen and oxygen atoms in total. The van der Waals surface area contributed by atoms with Crippen LogP contribution in [0.4, 0.5) is 4.79 Å². The standard InChI is InChI=1S/C22H34ClN3O3S.2CH4/c1-17-20(23)12-7-13-21(17)30(28,29)26-14-8-9-18(16-26)15-24-22(27)25-19-10-5-3-2-4-6-11-19;;/h7,12-13,18-19H,2-6,8-11,14-16H2,1H3,(H2,24,25,27);2*1H4. The van der Waals surface area contributed by atoms with Gasteiger partial charge in [-0.1, -0.05) is 64.6 Å². The molecule has 1 aromatic carbocycles. The van der Waals surface area contributed by atoms with Gasteiger partial charge in [0.25, 0.3) is 0 Å². The zero-order chi connectivity index (χ0) is 21.6. The fraction of sp³-hybridized carbons (Fsp3) is 0.708. The van der Waals surface area contributed by atoms with Crippen molar-refractivity contribution in [3.8, 4) is 0 Å². The molecular formula is C24H42ClN3O3S. The number of piperidine rings is 1. The Balaban J connectivity index is 0.00000256. The number of hydrogen-bond acceptors (Lipinski definition) is 3. The summed E-state index contributed by atoms with van der Waals surface area (Å²) >= 11 is 6.13. The third-order valence-electron chi connectivity index (χ3n) is 6.31. The number of benzene rings is 1. The van der Waals surface area contributed by atoms with Crippen LogP contribution in [0.2, 0.25) is 5.02 Å². The van der Waals surface area contributed by atoms with Gasteiger partial charge in [-0.3, -0.25) is 0 Å². The summed E-state index contributed by atoms with van der Waals surface area (Å²) in [5.41, 5.74) is 0.581. The summed E-state index contributed by atoms with van der Waals surface area (Å²) < 4.78 is 27.8. The highest BCUT2D eigenvalue weighted by molar-refractivity contribution is 7.89. The molecule has 1 atom stereocenters. The number of urea groups is 1. The van der Waals surface area contributed by atoms with Gasteiger partial charge in [-0.05, 0) is 56.2 Å². The molecule has 1 aliphatic heterocycles. The molecule has 0 radical (unpaired) electrons. The Morgan fingerprint density at radius 1 is 1.06 bits per heavy atom. The van der Waals surface area contributed by atoms with Gasteiger partial charge < -0.3 is 10.6 Å². The molecule has 1 aromatic rings. The van der Waals surface area contributed by atoms with Crippen LogP contribution in [0.25, 0.3) is 0 Å². The van der Waals surface area contributed by atoms with Crippen molar-refractivity contribution >= 4 is 27.7 Å². The van der Waals surface area contributed by atoms with Crippen molar-refractivity contribution in [2.24, 2.45) is 5.92 Å². The maximum Gasteiger partial charge on any atom is 0.315 e. The summed E-state index contributed by atoms with van der Waals surface area (Å²) in [6, 6.07) is 5.10. The van der Waals surface area contributed by atoms with Gasteiger partial charge in [0.2, 0.25) is 10.0 Å². The first-order valence-corrected chi connectivity index (χ1v) is 13.0. The predicted molar refractivity (Wildman–Crippen MR) is 134 cm³/mol. The molecule has 8 heteroatoms. The normalized spacial score (nSPS) is 20.8. The molecule has 1 saturated carbocycles. The topological polar surface area (TPSA) is 78.5 Å². The van der Waals surface area contributed by atoms with Crippen LogP contribution in [0.15, 0.2) is 23.1 Å². The summed E-state index contributed by atoms with van der Waals surface area (Å²) in [5.74, 6) is 0.107. The zero-order valence-electron chi connectivity index (χ0n) is 17.8. The Hall–Kier alpha value is -1.31. The summed E-state index contributed by atoms with van der Waals surface area (Å²) in [6.45, 7) is 3.13. The van der Waals surface area contributed by atoms with Gasteiger partial charge in [0, 0.05) is 30.7 Å². The van der Waals surface area contributed by atoms with E-state index in [1.165, 1.54) is 36.4 Å². The lowest BCUT2D eigenvalue weighted by Crippen LogP contribution is -2.47. The number of sulfonamides is 1. The molecule has 32 heavy (non-hydrogen) atoms. The number of carbonyl (C=O) groups excluding carboxylic acids is 1. The lowest BCUT2D eigenvalue weighted by molar-refractivity contribution is 0.224. The van der Waals surface area contributed by atoms with Crippen LogP contribution in [-0.4, -0.2) is 44.4 Å². The minimum absolute atomic E-state index is 0. The van der Waals surface area contributed by atoms with E-state index in [2.05, 4.69) is 10.6 Å². The van der Waals surface area contributed by atoms with Crippen molar-refractivity contribution in [1.82, 2.24) is 14.9 Å². The number of nitrogens with one attached hydrogen (secondary N) is 2. The van der Waals surface area contributed by atoms with E-state index in [9.17, 15) is 13.2 Å². The number of carbonyl (C=O) groups is 1. The molecule has 2 fully saturated rings. The van der Waals surface area contributed by atoms with Gasteiger partial charge in [-0.15, -0.1) is 0 Å². The quantitative estimate of drug-likeness (QED) is 0.556. The second kappa shape index (κ2) is 13.4. The Morgan fingerprint density at radius 2 is 1.72 bits per heavy atom. The smallest absolute Gasteiger partial charge is 0.315 e. The van der Waals surface area contributed by atoms with Crippen LogP contribution in [0.1, 0.15) is 78.2 Å². The monoisotopic (exact) mass is 487 g/mol. The van der Waals surface area contributed by atoms with E-state index in [0.29, 0.717) is 30.2 Å². The van der Waals surface area contributed by atoms with Crippen molar-refractivity contribution in [2.75, 3.05) is 19.6 Å². The largest absolute Gasteiger partial charge is 0.338 e. The minimum atomic E-state index is -3.60. The second-order valence-electron chi connectivity index (χ2n) is 8.63. The lowest BCUT2D eigenvalue weighted by atomic mass is 9.97. The molecule has 184 valence electrons. The molecule has 2 N–H and O–H groups in total. The molecule has 0 bridgehead atoms. The molecule has 0 aromatic heterocycles. The maximum atomic E-state index is 13.1. The van der Waals surface area contributed by atoms with Crippen LogP contribution in [0, 0.1) is 12.8 Å². The van der Waals surface area contributed by atoms with Gasteiger partial charge in [-0.2, -0.15) is 4.31 Å². The van der Waals surface area contributed by atoms with E-state index in [-0.39, 0.29) is 37.7 Å². The Labute approximate surface area is 200 Å². The number of halogens is 1. The van der Waals surface area contributed by atoms with Crippen molar-refractivity contribution in [3.63, 3.8) is 0 Å². The molecule has 3 rings (SSSR count). The fourth-order valence-corrected chi connectivity index (χ4v) is 6.52. The van der Waals surface area contributed by atoms with E-state index in [4.69, 9.17) is 11.6 Å². The van der Waals surface area contributed by atoms with Crippen LogP contribution < -0.4 is 10.6 Å². The predicted octanol–water partition coefficient (Wildman–Crippen LogP) is 5.73. The van der Waals surface area contributed by atoms with Crippen LogP contribution >= 0.6 is 11.6 Å². The molecule has 2 amide bonds.